The van der Waals surface area contributed by atoms with Crippen LogP contribution in [0.1, 0.15) is 24.8 Å². The minimum atomic E-state index is 0.385. The minimum absolute atomic E-state index is 0.385. The zero-order chi connectivity index (χ0) is 14.8. The fourth-order valence-electron chi connectivity index (χ4n) is 3.42. The van der Waals surface area contributed by atoms with Gasteiger partial charge < -0.3 is 10.6 Å². The summed E-state index contributed by atoms with van der Waals surface area (Å²) in [5.74, 6) is 1.27. The molecule has 0 radical (unpaired) electrons. The third-order valence-corrected chi connectivity index (χ3v) is 4.58. The number of rotatable bonds is 3. The second-order valence-corrected chi connectivity index (χ2v) is 5.77. The first-order valence-corrected chi connectivity index (χ1v) is 7.47. The Labute approximate surface area is 125 Å². The van der Waals surface area contributed by atoms with E-state index in [1.807, 2.05) is 37.4 Å². The van der Waals surface area contributed by atoms with Crippen molar-refractivity contribution in [2.45, 2.75) is 25.3 Å². The lowest BCUT2D eigenvalue weighted by atomic mass is 10.0. The quantitative estimate of drug-likeness (QED) is 0.938. The average Bonchev–Trinajstić information content (AvgIpc) is 3.01. The third kappa shape index (κ3) is 2.45. The third-order valence-electron chi connectivity index (χ3n) is 4.58. The molecule has 1 fully saturated rings. The largest absolute Gasteiger partial charge is 0.355 e. The molecule has 1 aliphatic carbocycles. The van der Waals surface area contributed by atoms with Crippen molar-refractivity contribution < 1.29 is 0 Å². The maximum absolute atomic E-state index is 9.45. The van der Waals surface area contributed by atoms with Gasteiger partial charge in [-0.05, 0) is 37.4 Å². The molecule has 3 rings (SSSR count). The van der Waals surface area contributed by atoms with Crippen molar-refractivity contribution >= 4 is 16.7 Å². The van der Waals surface area contributed by atoms with Crippen molar-refractivity contribution in [3.05, 3.63) is 35.9 Å². The molecule has 0 amide bonds. The van der Waals surface area contributed by atoms with E-state index in [4.69, 9.17) is 10.7 Å². The Kier molecular flexibility index (Phi) is 3.76. The second-order valence-electron chi connectivity index (χ2n) is 5.77. The molecule has 21 heavy (non-hydrogen) atoms. The van der Waals surface area contributed by atoms with Crippen molar-refractivity contribution in [3.63, 3.8) is 0 Å². The molecule has 4 heteroatoms. The lowest BCUT2D eigenvalue weighted by molar-refractivity contribution is 0.472. The van der Waals surface area contributed by atoms with Gasteiger partial charge in [0.2, 0.25) is 0 Å². The summed E-state index contributed by atoms with van der Waals surface area (Å²) in [7, 11) is 2.04. The van der Waals surface area contributed by atoms with Crippen LogP contribution in [0.4, 0.5) is 5.82 Å². The predicted molar refractivity (Wildman–Crippen MR) is 85.0 cm³/mol. The van der Waals surface area contributed by atoms with E-state index in [2.05, 4.69) is 11.0 Å². The number of benzene rings is 1. The summed E-state index contributed by atoms with van der Waals surface area (Å²) in [5.41, 5.74) is 7.46. The number of nitrogens with zero attached hydrogens (tertiary/aromatic N) is 3. The number of pyridine rings is 1. The van der Waals surface area contributed by atoms with Crippen molar-refractivity contribution in [1.29, 1.82) is 5.26 Å². The van der Waals surface area contributed by atoms with E-state index in [-0.39, 0.29) is 0 Å². The Balaban J connectivity index is 2.04. The van der Waals surface area contributed by atoms with Crippen LogP contribution in [0.15, 0.2) is 30.3 Å². The number of fused-ring (bicyclic) bond motifs is 1. The smallest absolute Gasteiger partial charge is 0.147 e. The molecule has 1 aromatic carbocycles. The molecule has 2 N–H and O–H groups in total. The maximum atomic E-state index is 9.45. The first-order chi connectivity index (χ1) is 10.2. The van der Waals surface area contributed by atoms with Crippen LogP contribution in [0, 0.1) is 17.2 Å². The summed E-state index contributed by atoms with van der Waals surface area (Å²) in [5, 5.41) is 10.5. The number of hydrogen-bond acceptors (Lipinski definition) is 4. The van der Waals surface area contributed by atoms with E-state index in [0.717, 1.165) is 23.1 Å². The highest BCUT2D eigenvalue weighted by molar-refractivity contribution is 5.83. The highest BCUT2D eigenvalue weighted by Gasteiger charge is 2.31. The number of para-hydroxylation sites is 1. The lowest BCUT2D eigenvalue weighted by Crippen LogP contribution is -2.38. The lowest BCUT2D eigenvalue weighted by Gasteiger charge is -2.30. The molecule has 0 aliphatic heterocycles. The molecule has 4 nitrogen and oxygen atoms in total. The molecule has 1 heterocycles. The molecule has 2 unspecified atom stereocenters. The Morgan fingerprint density at radius 2 is 2.19 bits per heavy atom. The first kappa shape index (κ1) is 13.8. The van der Waals surface area contributed by atoms with E-state index >= 15 is 0 Å². The van der Waals surface area contributed by atoms with E-state index in [0.29, 0.717) is 24.1 Å². The molecule has 2 aromatic rings. The number of aromatic nitrogens is 1. The first-order valence-electron chi connectivity index (χ1n) is 7.47. The Morgan fingerprint density at radius 1 is 1.38 bits per heavy atom. The Hall–Kier alpha value is -2.12. The molecule has 108 valence electrons. The second kappa shape index (κ2) is 5.71. The van der Waals surface area contributed by atoms with Crippen molar-refractivity contribution in [2.75, 3.05) is 18.5 Å². The van der Waals surface area contributed by atoms with Gasteiger partial charge in [-0.3, -0.25) is 0 Å². The SMILES string of the molecule is CN(c1nc2ccccc2cc1C#N)C1CCCC1CN. The number of anilines is 1. The minimum Gasteiger partial charge on any atom is -0.355 e. The highest BCUT2D eigenvalue weighted by atomic mass is 15.2. The van der Waals surface area contributed by atoms with Gasteiger partial charge in [0.15, 0.2) is 0 Å². The molecule has 0 spiro atoms. The summed E-state index contributed by atoms with van der Waals surface area (Å²) < 4.78 is 0. The van der Waals surface area contributed by atoms with Crippen LogP contribution in [-0.4, -0.2) is 24.6 Å². The van der Waals surface area contributed by atoms with Gasteiger partial charge in [-0.25, -0.2) is 4.98 Å². The number of nitrogens with two attached hydrogens (primary N) is 1. The van der Waals surface area contributed by atoms with Gasteiger partial charge >= 0.3 is 0 Å². The van der Waals surface area contributed by atoms with Crippen molar-refractivity contribution in [2.24, 2.45) is 11.7 Å². The Morgan fingerprint density at radius 3 is 2.95 bits per heavy atom. The van der Waals surface area contributed by atoms with E-state index in [1.54, 1.807) is 0 Å². The van der Waals surface area contributed by atoms with Crippen LogP contribution in [0.25, 0.3) is 10.9 Å². The van der Waals surface area contributed by atoms with Gasteiger partial charge in [0.05, 0.1) is 11.1 Å². The molecular formula is C17H20N4. The molecule has 0 bridgehead atoms. The zero-order valence-corrected chi connectivity index (χ0v) is 12.3. The van der Waals surface area contributed by atoms with Crippen LogP contribution in [-0.2, 0) is 0 Å². The summed E-state index contributed by atoms with van der Waals surface area (Å²) in [6.45, 7) is 0.699. The summed E-state index contributed by atoms with van der Waals surface area (Å²) in [6.07, 6.45) is 3.49. The van der Waals surface area contributed by atoms with Gasteiger partial charge in [-0.2, -0.15) is 5.26 Å². The molecular weight excluding hydrogens is 260 g/mol. The van der Waals surface area contributed by atoms with E-state index in [9.17, 15) is 5.26 Å². The highest BCUT2D eigenvalue weighted by Crippen LogP contribution is 2.33. The van der Waals surface area contributed by atoms with Crippen LogP contribution in [0.3, 0.4) is 0 Å². The molecule has 1 aliphatic rings. The normalized spacial score (nSPS) is 21.4. The van der Waals surface area contributed by atoms with Gasteiger partial charge in [-0.15, -0.1) is 0 Å². The molecule has 1 aromatic heterocycles. The summed E-state index contributed by atoms with van der Waals surface area (Å²) in [4.78, 5) is 6.88. The van der Waals surface area contributed by atoms with Gasteiger partial charge in [0, 0.05) is 18.5 Å². The van der Waals surface area contributed by atoms with Crippen LogP contribution >= 0.6 is 0 Å². The molecule has 0 saturated heterocycles. The van der Waals surface area contributed by atoms with E-state index < -0.39 is 0 Å². The average molecular weight is 280 g/mol. The van der Waals surface area contributed by atoms with Crippen LogP contribution < -0.4 is 10.6 Å². The number of hydrogen-bond donors (Lipinski definition) is 1. The zero-order valence-electron chi connectivity index (χ0n) is 12.3. The monoisotopic (exact) mass is 280 g/mol. The van der Waals surface area contributed by atoms with Crippen molar-refractivity contribution in [1.82, 2.24) is 4.98 Å². The standard InChI is InChI=1S/C17H20N4/c1-21(16-8-4-6-13(16)10-18)17-14(11-19)9-12-5-2-3-7-15(12)20-17/h2-3,5,7,9,13,16H,4,6,8,10,18H2,1H3. The van der Waals surface area contributed by atoms with Crippen molar-refractivity contribution in [3.8, 4) is 6.07 Å². The van der Waals surface area contributed by atoms with Gasteiger partial charge in [0.1, 0.15) is 11.9 Å². The molecule has 1 saturated carbocycles. The summed E-state index contributed by atoms with van der Waals surface area (Å²) >= 11 is 0. The van der Waals surface area contributed by atoms with Gasteiger partial charge in [-0.1, -0.05) is 24.6 Å². The van der Waals surface area contributed by atoms with E-state index in [1.165, 1.54) is 12.8 Å². The fraction of sp³-hybridized carbons (Fsp3) is 0.412. The maximum Gasteiger partial charge on any atom is 0.147 e. The molecule has 2 atom stereocenters. The van der Waals surface area contributed by atoms with Crippen LogP contribution in [0.2, 0.25) is 0 Å². The summed E-state index contributed by atoms with van der Waals surface area (Å²) in [6, 6.07) is 12.5. The number of nitriles is 1. The Bertz CT molecular complexity index is 689. The fourth-order valence-corrected chi connectivity index (χ4v) is 3.42. The van der Waals surface area contributed by atoms with Crippen LogP contribution in [0.5, 0.6) is 0 Å². The topological polar surface area (TPSA) is 65.9 Å². The predicted octanol–water partition coefficient (Wildman–Crippen LogP) is 2.67. The van der Waals surface area contributed by atoms with Gasteiger partial charge in [0.25, 0.3) is 0 Å².